The molecule has 1 aromatic rings. The first-order valence-electron chi connectivity index (χ1n) is 8.42. The van der Waals surface area contributed by atoms with Crippen LogP contribution < -0.4 is 5.32 Å². The van der Waals surface area contributed by atoms with Crippen molar-refractivity contribution >= 4 is 16.9 Å². The van der Waals surface area contributed by atoms with E-state index in [4.69, 9.17) is 4.99 Å². The van der Waals surface area contributed by atoms with Crippen LogP contribution in [0.25, 0.3) is 0 Å². The van der Waals surface area contributed by atoms with E-state index in [0.29, 0.717) is 4.75 Å². The third kappa shape index (κ3) is 3.17. The van der Waals surface area contributed by atoms with Gasteiger partial charge >= 0.3 is 0 Å². The molecule has 0 atom stereocenters. The van der Waals surface area contributed by atoms with E-state index >= 15 is 0 Å². The number of hydrogen-bond donors (Lipinski definition) is 1. The molecule has 3 nitrogen and oxygen atoms in total. The van der Waals surface area contributed by atoms with Gasteiger partial charge in [-0.1, -0.05) is 24.8 Å². The van der Waals surface area contributed by atoms with Gasteiger partial charge in [0.2, 0.25) is 0 Å². The molecule has 1 aromatic heterocycles. The molecule has 1 aliphatic heterocycles. The van der Waals surface area contributed by atoms with E-state index in [2.05, 4.69) is 37.1 Å². The Morgan fingerprint density at radius 2 is 2.09 bits per heavy atom. The SMILES string of the molecule is CC1CCC2(CC1)SC(=NCCc1ccccn1)NC2(C)C. The van der Waals surface area contributed by atoms with Crippen LogP contribution in [0.2, 0.25) is 0 Å². The number of aliphatic imine (C=N–C) groups is 1. The van der Waals surface area contributed by atoms with Gasteiger partial charge in [-0.2, -0.15) is 0 Å². The van der Waals surface area contributed by atoms with Crippen molar-refractivity contribution in [3.63, 3.8) is 0 Å². The number of pyridine rings is 1. The quantitative estimate of drug-likeness (QED) is 0.914. The summed E-state index contributed by atoms with van der Waals surface area (Å²) < 4.78 is 0.337. The predicted molar refractivity (Wildman–Crippen MR) is 95.4 cm³/mol. The van der Waals surface area contributed by atoms with Gasteiger partial charge < -0.3 is 5.32 Å². The van der Waals surface area contributed by atoms with Crippen molar-refractivity contribution in [3.05, 3.63) is 30.1 Å². The molecule has 120 valence electrons. The number of nitrogens with one attached hydrogen (secondary N) is 1. The van der Waals surface area contributed by atoms with Crippen LogP contribution in [0, 0.1) is 5.92 Å². The Bertz CT molecular complexity index is 531. The summed E-state index contributed by atoms with van der Waals surface area (Å²) in [6.45, 7) is 7.89. The molecule has 2 heterocycles. The molecule has 1 spiro atoms. The van der Waals surface area contributed by atoms with Gasteiger partial charge in [-0.25, -0.2) is 0 Å². The summed E-state index contributed by atoms with van der Waals surface area (Å²) in [5.74, 6) is 0.882. The summed E-state index contributed by atoms with van der Waals surface area (Å²) in [7, 11) is 0. The summed E-state index contributed by atoms with van der Waals surface area (Å²) in [6, 6.07) is 6.07. The van der Waals surface area contributed by atoms with Crippen LogP contribution in [0.4, 0.5) is 0 Å². The number of amidine groups is 1. The van der Waals surface area contributed by atoms with Crippen molar-refractivity contribution in [3.8, 4) is 0 Å². The first-order chi connectivity index (χ1) is 10.5. The zero-order valence-electron chi connectivity index (χ0n) is 13.9. The Hall–Kier alpha value is -1.03. The number of aromatic nitrogens is 1. The summed E-state index contributed by atoms with van der Waals surface area (Å²) in [4.78, 5) is 9.18. The molecular weight excluding hydrogens is 290 g/mol. The number of rotatable bonds is 3. The minimum Gasteiger partial charge on any atom is -0.359 e. The van der Waals surface area contributed by atoms with Gasteiger partial charge in [-0.05, 0) is 57.6 Å². The highest BCUT2D eigenvalue weighted by Crippen LogP contribution is 2.52. The smallest absolute Gasteiger partial charge is 0.157 e. The van der Waals surface area contributed by atoms with E-state index in [9.17, 15) is 0 Å². The second-order valence-corrected chi connectivity index (χ2v) is 8.66. The molecular formula is C18H27N3S. The minimum absolute atomic E-state index is 0.141. The Balaban J connectivity index is 1.63. The number of nitrogens with zero attached hydrogens (tertiary/aromatic N) is 2. The van der Waals surface area contributed by atoms with Crippen LogP contribution in [0.1, 0.15) is 52.1 Å². The lowest BCUT2D eigenvalue weighted by molar-refractivity contribution is 0.231. The van der Waals surface area contributed by atoms with E-state index in [1.54, 1.807) is 0 Å². The second kappa shape index (κ2) is 6.23. The lowest BCUT2D eigenvalue weighted by Gasteiger charge is -2.43. The Labute approximate surface area is 138 Å². The van der Waals surface area contributed by atoms with Crippen molar-refractivity contribution in [2.45, 2.75) is 63.2 Å². The van der Waals surface area contributed by atoms with Gasteiger partial charge in [0.05, 0.1) is 0 Å². The Morgan fingerprint density at radius 1 is 1.32 bits per heavy atom. The average Bonchev–Trinajstić information content (AvgIpc) is 2.74. The summed E-state index contributed by atoms with van der Waals surface area (Å²) in [5, 5.41) is 4.82. The van der Waals surface area contributed by atoms with Crippen LogP contribution >= 0.6 is 11.8 Å². The molecule has 0 amide bonds. The fraction of sp³-hybridized carbons (Fsp3) is 0.667. The third-order valence-electron chi connectivity index (χ3n) is 5.28. The summed E-state index contributed by atoms with van der Waals surface area (Å²) in [6.07, 6.45) is 8.07. The van der Waals surface area contributed by atoms with Gasteiger partial charge in [-0.15, -0.1) is 0 Å². The van der Waals surface area contributed by atoms with Crippen molar-refractivity contribution in [1.82, 2.24) is 10.3 Å². The fourth-order valence-electron chi connectivity index (χ4n) is 3.56. The van der Waals surface area contributed by atoms with E-state index in [1.165, 1.54) is 25.7 Å². The predicted octanol–water partition coefficient (Wildman–Crippen LogP) is 4.04. The molecule has 1 N–H and O–H groups in total. The van der Waals surface area contributed by atoms with E-state index in [-0.39, 0.29) is 5.54 Å². The van der Waals surface area contributed by atoms with Gasteiger partial charge in [0.15, 0.2) is 5.17 Å². The van der Waals surface area contributed by atoms with Crippen molar-refractivity contribution in [2.75, 3.05) is 6.54 Å². The standard InChI is InChI=1S/C18H27N3S/c1-14-7-10-18(11-8-14)17(2,3)21-16(22-18)20-13-9-15-6-4-5-12-19-15/h4-6,12,14H,7-11,13H2,1-3H3,(H,20,21). The topological polar surface area (TPSA) is 37.3 Å². The highest BCUT2D eigenvalue weighted by atomic mass is 32.2. The van der Waals surface area contributed by atoms with Crippen LogP contribution in [-0.4, -0.2) is 27.0 Å². The summed E-state index contributed by atoms with van der Waals surface area (Å²) in [5.41, 5.74) is 1.26. The lowest BCUT2D eigenvalue weighted by atomic mass is 9.73. The average molecular weight is 318 g/mol. The maximum absolute atomic E-state index is 4.81. The Morgan fingerprint density at radius 3 is 2.77 bits per heavy atom. The molecule has 22 heavy (non-hydrogen) atoms. The normalized spacial score (nSPS) is 32.3. The summed E-state index contributed by atoms with van der Waals surface area (Å²) >= 11 is 2.00. The van der Waals surface area contributed by atoms with Crippen LogP contribution in [-0.2, 0) is 6.42 Å². The highest BCUT2D eigenvalue weighted by Gasteiger charge is 2.53. The van der Waals surface area contributed by atoms with Crippen LogP contribution in [0.3, 0.4) is 0 Å². The largest absolute Gasteiger partial charge is 0.359 e. The van der Waals surface area contributed by atoms with Gasteiger partial charge in [-0.3, -0.25) is 9.98 Å². The van der Waals surface area contributed by atoms with Crippen LogP contribution in [0.15, 0.2) is 29.4 Å². The van der Waals surface area contributed by atoms with Crippen molar-refractivity contribution < 1.29 is 0 Å². The third-order valence-corrected chi connectivity index (χ3v) is 7.02. The zero-order valence-corrected chi connectivity index (χ0v) is 14.7. The molecule has 0 unspecified atom stereocenters. The van der Waals surface area contributed by atoms with E-state index in [1.807, 2.05) is 30.1 Å². The number of thioether (sulfide) groups is 1. The minimum atomic E-state index is 0.141. The molecule has 0 radical (unpaired) electrons. The van der Waals surface area contributed by atoms with E-state index in [0.717, 1.165) is 29.7 Å². The molecule has 2 fully saturated rings. The van der Waals surface area contributed by atoms with Crippen molar-refractivity contribution in [2.24, 2.45) is 10.9 Å². The van der Waals surface area contributed by atoms with Gasteiger partial charge in [0, 0.05) is 35.1 Å². The molecule has 0 aromatic carbocycles. The van der Waals surface area contributed by atoms with Gasteiger partial charge in [0.25, 0.3) is 0 Å². The maximum atomic E-state index is 4.81. The molecule has 0 bridgehead atoms. The molecule has 4 heteroatoms. The maximum Gasteiger partial charge on any atom is 0.157 e. The fourth-order valence-corrected chi connectivity index (χ4v) is 5.14. The molecule has 1 aliphatic carbocycles. The second-order valence-electron chi connectivity index (χ2n) is 7.29. The monoisotopic (exact) mass is 317 g/mol. The first kappa shape index (κ1) is 15.9. The lowest BCUT2D eigenvalue weighted by Crippen LogP contribution is -2.52. The zero-order chi connectivity index (χ0) is 15.6. The molecule has 1 saturated heterocycles. The van der Waals surface area contributed by atoms with Crippen LogP contribution in [0.5, 0.6) is 0 Å². The van der Waals surface area contributed by atoms with E-state index < -0.39 is 0 Å². The number of hydrogen-bond acceptors (Lipinski definition) is 3. The molecule has 2 aliphatic rings. The van der Waals surface area contributed by atoms with Crippen molar-refractivity contribution in [1.29, 1.82) is 0 Å². The Kier molecular flexibility index (Phi) is 4.49. The first-order valence-corrected chi connectivity index (χ1v) is 9.24. The van der Waals surface area contributed by atoms with Gasteiger partial charge in [0.1, 0.15) is 0 Å². The highest BCUT2D eigenvalue weighted by molar-refractivity contribution is 8.15. The molecule has 3 rings (SSSR count). The molecule has 1 saturated carbocycles.